The zero-order valence-corrected chi connectivity index (χ0v) is 8.23. The van der Waals surface area contributed by atoms with E-state index >= 15 is 0 Å². The summed E-state index contributed by atoms with van der Waals surface area (Å²) in [5.74, 6) is -0.205. The minimum Gasteiger partial charge on any atom is -0.387 e. The van der Waals surface area contributed by atoms with Gasteiger partial charge in [0.25, 0.3) is 0 Å². The maximum absolute atomic E-state index is 10.8. The Kier molecular flexibility index (Phi) is 2.87. The number of hydrogen-bond acceptors (Lipinski definition) is 4. The highest BCUT2D eigenvalue weighted by Crippen LogP contribution is 2.17. The molecule has 0 aromatic carbocycles. The van der Waals surface area contributed by atoms with Crippen molar-refractivity contribution in [2.75, 3.05) is 12.0 Å². The van der Waals surface area contributed by atoms with E-state index in [0.717, 1.165) is 6.26 Å². The van der Waals surface area contributed by atoms with Gasteiger partial charge < -0.3 is 5.11 Å². The van der Waals surface area contributed by atoms with Crippen LogP contribution < -0.4 is 0 Å². The van der Waals surface area contributed by atoms with Crippen molar-refractivity contribution >= 4 is 21.2 Å². The normalized spacial score (nSPS) is 14.5. The Morgan fingerprint density at radius 3 is 2.75 bits per heavy atom. The highest BCUT2D eigenvalue weighted by Gasteiger charge is 2.14. The molecule has 1 N–H and O–H groups in total. The quantitative estimate of drug-likeness (QED) is 0.797. The molecule has 1 rings (SSSR count). The molecule has 5 heteroatoms. The van der Waals surface area contributed by atoms with Crippen molar-refractivity contribution in [1.82, 2.24) is 0 Å². The standard InChI is InChI=1S/C7H10O3S2/c1-12(9,10)5-7(8)6-2-3-11-4-6/h2-4,7-8H,5H2,1H3. The van der Waals surface area contributed by atoms with Crippen molar-refractivity contribution in [2.45, 2.75) is 6.10 Å². The highest BCUT2D eigenvalue weighted by molar-refractivity contribution is 7.90. The van der Waals surface area contributed by atoms with Crippen LogP contribution in [0.3, 0.4) is 0 Å². The lowest BCUT2D eigenvalue weighted by atomic mass is 10.2. The van der Waals surface area contributed by atoms with Gasteiger partial charge in [-0.25, -0.2) is 8.42 Å². The van der Waals surface area contributed by atoms with Crippen molar-refractivity contribution in [3.05, 3.63) is 22.4 Å². The van der Waals surface area contributed by atoms with Crippen LogP contribution in [-0.4, -0.2) is 25.5 Å². The lowest BCUT2D eigenvalue weighted by Gasteiger charge is -2.05. The summed E-state index contributed by atoms with van der Waals surface area (Å²) in [6, 6.07) is 1.72. The van der Waals surface area contributed by atoms with Gasteiger partial charge in [0.1, 0.15) is 9.84 Å². The third-order valence-corrected chi connectivity index (χ3v) is 3.01. The second-order valence-electron chi connectivity index (χ2n) is 2.66. The van der Waals surface area contributed by atoms with Gasteiger partial charge in [-0.1, -0.05) is 0 Å². The maximum Gasteiger partial charge on any atom is 0.150 e. The van der Waals surface area contributed by atoms with Crippen LogP contribution in [0.15, 0.2) is 16.8 Å². The van der Waals surface area contributed by atoms with E-state index in [1.54, 1.807) is 16.8 Å². The van der Waals surface area contributed by atoms with Gasteiger partial charge in [-0.2, -0.15) is 11.3 Å². The van der Waals surface area contributed by atoms with E-state index in [9.17, 15) is 13.5 Å². The summed E-state index contributed by atoms with van der Waals surface area (Å²) in [5, 5.41) is 12.9. The molecule has 0 amide bonds. The molecule has 12 heavy (non-hydrogen) atoms. The zero-order valence-electron chi connectivity index (χ0n) is 6.60. The molecule has 0 aliphatic carbocycles. The second-order valence-corrected chi connectivity index (χ2v) is 5.63. The predicted molar refractivity (Wildman–Crippen MR) is 49.0 cm³/mol. The number of hydrogen-bond donors (Lipinski definition) is 1. The van der Waals surface area contributed by atoms with Crippen LogP contribution >= 0.6 is 11.3 Å². The van der Waals surface area contributed by atoms with Gasteiger partial charge >= 0.3 is 0 Å². The van der Waals surface area contributed by atoms with Gasteiger partial charge in [-0.3, -0.25) is 0 Å². The van der Waals surface area contributed by atoms with Crippen LogP contribution in [0.25, 0.3) is 0 Å². The number of aliphatic hydroxyl groups excluding tert-OH is 1. The summed E-state index contributed by atoms with van der Waals surface area (Å²) < 4.78 is 21.6. The molecular weight excluding hydrogens is 196 g/mol. The van der Waals surface area contributed by atoms with E-state index in [0.29, 0.717) is 5.56 Å². The van der Waals surface area contributed by atoms with Crippen LogP contribution in [0.4, 0.5) is 0 Å². The molecule has 0 saturated carbocycles. The van der Waals surface area contributed by atoms with Crippen LogP contribution in [0.1, 0.15) is 11.7 Å². The fraction of sp³-hybridized carbons (Fsp3) is 0.429. The van der Waals surface area contributed by atoms with Crippen molar-refractivity contribution in [2.24, 2.45) is 0 Å². The minimum absolute atomic E-state index is 0.205. The van der Waals surface area contributed by atoms with Crippen LogP contribution in [-0.2, 0) is 9.84 Å². The summed E-state index contributed by atoms with van der Waals surface area (Å²) in [6.45, 7) is 0. The molecule has 1 unspecified atom stereocenters. The SMILES string of the molecule is CS(=O)(=O)CC(O)c1ccsc1. The largest absolute Gasteiger partial charge is 0.387 e. The molecule has 0 saturated heterocycles. The molecule has 0 aliphatic heterocycles. The maximum atomic E-state index is 10.8. The van der Waals surface area contributed by atoms with Crippen molar-refractivity contribution < 1.29 is 13.5 Å². The zero-order chi connectivity index (χ0) is 9.19. The molecule has 1 heterocycles. The topological polar surface area (TPSA) is 54.4 Å². The van der Waals surface area contributed by atoms with E-state index in [1.165, 1.54) is 11.3 Å². The van der Waals surface area contributed by atoms with E-state index in [1.807, 2.05) is 0 Å². The van der Waals surface area contributed by atoms with Crippen molar-refractivity contribution in [3.63, 3.8) is 0 Å². The first-order valence-electron chi connectivity index (χ1n) is 3.37. The van der Waals surface area contributed by atoms with E-state index < -0.39 is 15.9 Å². The summed E-state index contributed by atoms with van der Waals surface area (Å²) >= 11 is 1.44. The smallest absolute Gasteiger partial charge is 0.150 e. The first kappa shape index (κ1) is 9.70. The Hall–Kier alpha value is -0.390. The first-order chi connectivity index (χ1) is 5.49. The fourth-order valence-electron chi connectivity index (χ4n) is 0.848. The minimum atomic E-state index is -3.09. The average Bonchev–Trinajstić information content (AvgIpc) is 2.32. The lowest BCUT2D eigenvalue weighted by Crippen LogP contribution is -2.11. The third-order valence-electron chi connectivity index (χ3n) is 1.39. The molecule has 3 nitrogen and oxygen atoms in total. The Morgan fingerprint density at radius 1 is 1.67 bits per heavy atom. The predicted octanol–water partition coefficient (Wildman–Crippen LogP) is 0.826. The van der Waals surface area contributed by atoms with Crippen LogP contribution in [0.2, 0.25) is 0 Å². The number of thiophene rings is 1. The number of sulfone groups is 1. The number of aliphatic hydroxyl groups is 1. The summed E-state index contributed by atoms with van der Waals surface area (Å²) in [7, 11) is -3.09. The molecule has 1 aromatic heterocycles. The van der Waals surface area contributed by atoms with Gasteiger partial charge in [0.2, 0.25) is 0 Å². The summed E-state index contributed by atoms with van der Waals surface area (Å²) in [6.07, 6.45) is 0.231. The van der Waals surface area contributed by atoms with Gasteiger partial charge in [-0.05, 0) is 22.4 Å². The second kappa shape index (κ2) is 3.55. The highest BCUT2D eigenvalue weighted by atomic mass is 32.2. The molecule has 0 aliphatic rings. The summed E-state index contributed by atoms with van der Waals surface area (Å²) in [5.41, 5.74) is 0.672. The molecule has 1 aromatic rings. The van der Waals surface area contributed by atoms with Gasteiger partial charge in [0.05, 0.1) is 11.9 Å². The molecular formula is C7H10O3S2. The van der Waals surface area contributed by atoms with Crippen LogP contribution in [0, 0.1) is 0 Å². The monoisotopic (exact) mass is 206 g/mol. The van der Waals surface area contributed by atoms with E-state index in [4.69, 9.17) is 0 Å². The molecule has 0 bridgehead atoms. The Labute approximate surface area is 75.6 Å². The van der Waals surface area contributed by atoms with E-state index in [-0.39, 0.29) is 5.75 Å². The molecule has 0 radical (unpaired) electrons. The summed E-state index contributed by atoms with van der Waals surface area (Å²) in [4.78, 5) is 0. The Morgan fingerprint density at radius 2 is 2.33 bits per heavy atom. The van der Waals surface area contributed by atoms with Gasteiger partial charge in [-0.15, -0.1) is 0 Å². The number of rotatable bonds is 3. The molecule has 68 valence electrons. The van der Waals surface area contributed by atoms with Gasteiger partial charge in [0.15, 0.2) is 0 Å². The van der Waals surface area contributed by atoms with E-state index in [2.05, 4.69) is 0 Å². The lowest BCUT2D eigenvalue weighted by molar-refractivity contribution is 0.202. The average molecular weight is 206 g/mol. The Bertz CT molecular complexity index is 326. The van der Waals surface area contributed by atoms with Crippen molar-refractivity contribution in [1.29, 1.82) is 0 Å². The third kappa shape index (κ3) is 2.92. The van der Waals surface area contributed by atoms with Crippen LogP contribution in [0.5, 0.6) is 0 Å². The van der Waals surface area contributed by atoms with Gasteiger partial charge in [0, 0.05) is 6.26 Å². The molecule has 0 spiro atoms. The fourth-order valence-corrected chi connectivity index (χ4v) is 2.32. The van der Waals surface area contributed by atoms with Crippen molar-refractivity contribution in [3.8, 4) is 0 Å². The Balaban J connectivity index is 2.68. The molecule has 1 atom stereocenters. The first-order valence-corrected chi connectivity index (χ1v) is 6.37. The molecule has 0 fully saturated rings.